The zero-order chi connectivity index (χ0) is 27.4. The van der Waals surface area contributed by atoms with Crippen LogP contribution in [0.15, 0.2) is 72.8 Å². The van der Waals surface area contributed by atoms with Gasteiger partial charge in [0.25, 0.3) is 17.7 Å². The van der Waals surface area contributed by atoms with E-state index in [1.165, 1.54) is 0 Å². The molecule has 2 atom stereocenters. The second kappa shape index (κ2) is 12.1. The van der Waals surface area contributed by atoms with Crippen molar-refractivity contribution in [2.24, 2.45) is 11.8 Å². The molecule has 0 unspecified atom stereocenters. The van der Waals surface area contributed by atoms with E-state index in [4.69, 9.17) is 27.9 Å². The molecule has 0 spiro atoms. The fourth-order valence-corrected chi connectivity index (χ4v) is 5.52. The Morgan fingerprint density at radius 3 is 2.10 bits per heavy atom. The largest absolute Gasteiger partial charge is 0.484 e. The number of halogens is 2. The molecular formula is C30H29Cl2N3O4. The quantitative estimate of drug-likeness (QED) is 0.419. The van der Waals surface area contributed by atoms with E-state index < -0.39 is 0 Å². The summed E-state index contributed by atoms with van der Waals surface area (Å²) in [4.78, 5) is 42.1. The molecule has 0 bridgehead atoms. The number of anilines is 1. The molecule has 9 heteroatoms. The van der Waals surface area contributed by atoms with Gasteiger partial charge in [0.05, 0.1) is 10.0 Å². The highest BCUT2D eigenvalue weighted by molar-refractivity contribution is 6.42. The van der Waals surface area contributed by atoms with E-state index in [0.717, 1.165) is 12.8 Å². The van der Waals surface area contributed by atoms with Crippen molar-refractivity contribution < 1.29 is 19.1 Å². The monoisotopic (exact) mass is 565 g/mol. The van der Waals surface area contributed by atoms with Gasteiger partial charge in [0.2, 0.25) is 0 Å². The third-order valence-electron chi connectivity index (χ3n) is 7.44. The number of hydrogen-bond donors (Lipinski definition) is 1. The van der Waals surface area contributed by atoms with Gasteiger partial charge in [0, 0.05) is 49.1 Å². The summed E-state index contributed by atoms with van der Waals surface area (Å²) >= 11 is 12.0. The van der Waals surface area contributed by atoms with E-state index in [2.05, 4.69) is 5.32 Å². The van der Waals surface area contributed by atoms with Crippen LogP contribution in [-0.2, 0) is 4.79 Å². The van der Waals surface area contributed by atoms with E-state index >= 15 is 0 Å². The maximum atomic E-state index is 13.2. The summed E-state index contributed by atoms with van der Waals surface area (Å²) in [6.45, 7) is 2.59. The lowest BCUT2D eigenvalue weighted by molar-refractivity contribution is -0.132. The molecule has 3 aromatic carbocycles. The van der Waals surface area contributed by atoms with Crippen LogP contribution >= 0.6 is 23.2 Å². The van der Waals surface area contributed by atoms with Gasteiger partial charge in [-0.05, 0) is 73.2 Å². The van der Waals surface area contributed by atoms with Crippen molar-refractivity contribution in [2.45, 2.75) is 12.8 Å². The Hall–Kier alpha value is -3.55. The van der Waals surface area contributed by atoms with E-state index in [1.54, 1.807) is 54.6 Å². The summed E-state index contributed by atoms with van der Waals surface area (Å²) in [5.41, 5.74) is 1.81. The van der Waals surface area contributed by atoms with Crippen LogP contribution in [-0.4, -0.2) is 60.3 Å². The molecule has 3 aromatic rings. The highest BCUT2D eigenvalue weighted by Gasteiger charge is 2.37. The van der Waals surface area contributed by atoms with Gasteiger partial charge in [0.15, 0.2) is 6.61 Å². The van der Waals surface area contributed by atoms with Crippen molar-refractivity contribution in [1.29, 1.82) is 0 Å². The Bertz CT molecular complexity index is 1330. The predicted octanol–water partition coefficient (Wildman–Crippen LogP) is 5.64. The molecule has 0 aliphatic carbocycles. The molecule has 0 aromatic heterocycles. The molecule has 202 valence electrons. The lowest BCUT2D eigenvalue weighted by Crippen LogP contribution is -2.35. The number of amides is 3. The van der Waals surface area contributed by atoms with Crippen LogP contribution in [0.5, 0.6) is 5.75 Å². The molecule has 5 rings (SSSR count). The summed E-state index contributed by atoms with van der Waals surface area (Å²) in [7, 11) is 0. The van der Waals surface area contributed by atoms with Gasteiger partial charge >= 0.3 is 0 Å². The average molecular weight is 566 g/mol. The number of ether oxygens (including phenoxy) is 1. The number of nitrogens with zero attached hydrogens (tertiary/aromatic N) is 2. The maximum absolute atomic E-state index is 13.2. The number of likely N-dealkylation sites (tertiary alicyclic amines) is 2. The SMILES string of the molecule is O=C(Nc1ccc(C(=O)N2CC[C@@H]3CN(C(=O)COc4ccc(Cl)c(Cl)c4)C[C@@H]3CC2)cc1)c1ccccc1. The van der Waals surface area contributed by atoms with Gasteiger partial charge in [-0.3, -0.25) is 14.4 Å². The van der Waals surface area contributed by atoms with Crippen molar-refractivity contribution in [3.8, 4) is 5.75 Å². The predicted molar refractivity (Wildman–Crippen MR) is 151 cm³/mol. The highest BCUT2D eigenvalue weighted by Crippen LogP contribution is 2.33. The number of carbonyl (C=O) groups excluding carboxylic acids is 3. The zero-order valence-corrected chi connectivity index (χ0v) is 22.8. The fourth-order valence-electron chi connectivity index (χ4n) is 5.23. The number of hydrogen-bond acceptors (Lipinski definition) is 4. The fraction of sp³-hybridized carbons (Fsp3) is 0.300. The van der Waals surface area contributed by atoms with Gasteiger partial charge in [-0.25, -0.2) is 0 Å². The second-order valence-corrected chi connectivity index (χ2v) is 10.8. The van der Waals surface area contributed by atoms with Crippen molar-refractivity contribution in [3.63, 3.8) is 0 Å². The Labute approximate surface area is 237 Å². The summed E-state index contributed by atoms with van der Waals surface area (Å²) in [5.74, 6) is 0.953. The number of nitrogens with one attached hydrogen (secondary N) is 1. The van der Waals surface area contributed by atoms with E-state index in [-0.39, 0.29) is 24.3 Å². The van der Waals surface area contributed by atoms with Gasteiger partial charge in [-0.15, -0.1) is 0 Å². The van der Waals surface area contributed by atoms with E-state index in [9.17, 15) is 14.4 Å². The normalized spacial score (nSPS) is 18.7. The zero-order valence-electron chi connectivity index (χ0n) is 21.3. The minimum absolute atomic E-state index is 0.0149. The van der Waals surface area contributed by atoms with Gasteiger partial charge in [0.1, 0.15) is 5.75 Å². The van der Waals surface area contributed by atoms with Crippen LogP contribution in [0, 0.1) is 11.8 Å². The molecule has 2 aliphatic rings. The van der Waals surface area contributed by atoms with Crippen LogP contribution in [0.1, 0.15) is 33.6 Å². The summed E-state index contributed by atoms with van der Waals surface area (Å²) in [6.07, 6.45) is 1.69. The van der Waals surface area contributed by atoms with Crippen molar-refractivity contribution in [1.82, 2.24) is 9.80 Å². The minimum atomic E-state index is -0.192. The topological polar surface area (TPSA) is 79.0 Å². The van der Waals surface area contributed by atoms with E-state index in [0.29, 0.717) is 70.6 Å². The Kier molecular flexibility index (Phi) is 8.38. The van der Waals surface area contributed by atoms with Crippen molar-refractivity contribution in [3.05, 3.63) is 94.0 Å². The summed E-state index contributed by atoms with van der Waals surface area (Å²) < 4.78 is 5.63. The molecule has 0 radical (unpaired) electrons. The first-order chi connectivity index (χ1) is 18.9. The molecule has 7 nitrogen and oxygen atoms in total. The molecule has 3 amide bonds. The van der Waals surface area contributed by atoms with Gasteiger partial charge in [-0.2, -0.15) is 0 Å². The Morgan fingerprint density at radius 2 is 1.46 bits per heavy atom. The van der Waals surface area contributed by atoms with Crippen LogP contribution in [0.25, 0.3) is 0 Å². The third-order valence-corrected chi connectivity index (χ3v) is 8.17. The Balaban J connectivity index is 1.11. The van der Waals surface area contributed by atoms with Crippen LogP contribution in [0.3, 0.4) is 0 Å². The number of carbonyl (C=O) groups is 3. The van der Waals surface area contributed by atoms with E-state index in [1.807, 2.05) is 28.0 Å². The first-order valence-corrected chi connectivity index (χ1v) is 13.7. The van der Waals surface area contributed by atoms with Crippen LogP contribution < -0.4 is 10.1 Å². The lowest BCUT2D eigenvalue weighted by atomic mass is 9.92. The smallest absolute Gasteiger partial charge is 0.260 e. The molecular weight excluding hydrogens is 537 g/mol. The first kappa shape index (κ1) is 27.0. The van der Waals surface area contributed by atoms with Crippen molar-refractivity contribution in [2.75, 3.05) is 38.1 Å². The minimum Gasteiger partial charge on any atom is -0.484 e. The Morgan fingerprint density at radius 1 is 0.795 bits per heavy atom. The van der Waals surface area contributed by atoms with Gasteiger partial charge < -0.3 is 19.9 Å². The van der Waals surface area contributed by atoms with Gasteiger partial charge in [-0.1, -0.05) is 41.4 Å². The number of fused-ring (bicyclic) bond motifs is 1. The summed E-state index contributed by atoms with van der Waals surface area (Å²) in [5, 5.41) is 3.68. The molecule has 2 saturated heterocycles. The molecule has 2 aliphatic heterocycles. The first-order valence-electron chi connectivity index (χ1n) is 13.0. The molecule has 39 heavy (non-hydrogen) atoms. The average Bonchev–Trinajstić information content (AvgIpc) is 3.27. The second-order valence-electron chi connectivity index (χ2n) is 9.95. The standard InChI is InChI=1S/C30H29Cl2N3O4/c31-26-11-10-25(16-27(26)32)39-19-28(36)35-17-22-12-14-34(15-13-23(22)18-35)30(38)21-6-8-24(9-7-21)33-29(37)20-4-2-1-3-5-20/h1-11,16,22-23H,12-15,17-19H2,(H,33,37)/t22-,23+. The molecule has 0 saturated carbocycles. The third kappa shape index (κ3) is 6.54. The lowest BCUT2D eigenvalue weighted by Gasteiger charge is -2.22. The van der Waals surface area contributed by atoms with Crippen LogP contribution in [0.2, 0.25) is 10.0 Å². The summed E-state index contributed by atoms with van der Waals surface area (Å²) in [6, 6.07) is 20.9. The van der Waals surface area contributed by atoms with Crippen molar-refractivity contribution >= 4 is 46.6 Å². The molecule has 2 fully saturated rings. The number of rotatable bonds is 6. The molecule has 2 heterocycles. The van der Waals surface area contributed by atoms with Crippen LogP contribution in [0.4, 0.5) is 5.69 Å². The maximum Gasteiger partial charge on any atom is 0.260 e. The molecule has 1 N–H and O–H groups in total. The highest BCUT2D eigenvalue weighted by atomic mass is 35.5. The number of benzene rings is 3.